The predicted octanol–water partition coefficient (Wildman–Crippen LogP) is 4.87. The van der Waals surface area contributed by atoms with Gasteiger partial charge in [-0.3, -0.25) is 9.97 Å². The topological polar surface area (TPSA) is 51.6 Å². The van der Waals surface area contributed by atoms with Crippen LogP contribution in [0.15, 0.2) is 36.7 Å². The molecule has 4 rings (SSSR count). The minimum Gasteiger partial charge on any atom is -0.255 e. The molecule has 4 nitrogen and oxygen atoms in total. The highest BCUT2D eigenvalue weighted by Crippen LogP contribution is 2.26. The van der Waals surface area contributed by atoms with Crippen molar-refractivity contribution < 1.29 is 0 Å². The molecular weight excluding hydrogens is 384 g/mol. The third-order valence-corrected chi connectivity index (χ3v) is 5.79. The Hall–Kier alpha value is -3.06. The summed E-state index contributed by atoms with van der Waals surface area (Å²) in [5.41, 5.74) is 3.81. The highest BCUT2D eigenvalue weighted by molar-refractivity contribution is 7.26. The molecule has 0 aromatic carbocycles. The maximum atomic E-state index is 4.53. The van der Waals surface area contributed by atoms with Gasteiger partial charge in [-0.15, -0.1) is 5.92 Å². The molecule has 0 aliphatic carbocycles. The molecule has 136 valence electrons. The largest absolute Gasteiger partial charge is 0.255 e. The SMILES string of the molecule is CC#Cc1ccnc(-c2cc(CCC#Cc3nc4sc(C)nc4s3)ccn2)c1. The molecule has 0 saturated carbocycles. The molecule has 0 amide bonds. The zero-order valence-electron chi connectivity index (χ0n) is 15.5. The van der Waals surface area contributed by atoms with Crippen LogP contribution in [0.25, 0.3) is 21.0 Å². The Bertz CT molecular complexity index is 1230. The van der Waals surface area contributed by atoms with Gasteiger partial charge in [0, 0.05) is 24.4 Å². The smallest absolute Gasteiger partial charge is 0.170 e. The van der Waals surface area contributed by atoms with Crippen LogP contribution in [0, 0.1) is 30.6 Å². The van der Waals surface area contributed by atoms with Gasteiger partial charge in [-0.05, 0) is 56.0 Å². The van der Waals surface area contributed by atoms with Gasteiger partial charge in [0.2, 0.25) is 0 Å². The van der Waals surface area contributed by atoms with Crippen LogP contribution < -0.4 is 0 Å². The molecule has 0 bridgehead atoms. The third kappa shape index (κ3) is 4.26. The second kappa shape index (κ2) is 8.31. The number of hydrogen-bond acceptors (Lipinski definition) is 6. The van der Waals surface area contributed by atoms with Crippen LogP contribution in [-0.2, 0) is 6.42 Å². The summed E-state index contributed by atoms with van der Waals surface area (Å²) >= 11 is 3.17. The second-order valence-corrected chi connectivity index (χ2v) is 8.18. The normalized spacial score (nSPS) is 10.2. The molecule has 0 N–H and O–H groups in total. The van der Waals surface area contributed by atoms with Crippen molar-refractivity contribution in [1.29, 1.82) is 0 Å². The Labute approximate surface area is 171 Å². The van der Waals surface area contributed by atoms with Crippen LogP contribution in [0.1, 0.15) is 34.5 Å². The average molecular weight is 401 g/mol. The molecule has 4 aromatic rings. The molecule has 6 heteroatoms. The summed E-state index contributed by atoms with van der Waals surface area (Å²) in [6.45, 7) is 3.82. The Morgan fingerprint density at radius 3 is 2.54 bits per heavy atom. The van der Waals surface area contributed by atoms with Gasteiger partial charge in [-0.25, -0.2) is 9.97 Å². The summed E-state index contributed by atoms with van der Waals surface area (Å²) in [7, 11) is 0. The third-order valence-electron chi connectivity index (χ3n) is 3.93. The van der Waals surface area contributed by atoms with Crippen LogP contribution in [-0.4, -0.2) is 19.9 Å². The molecule has 0 unspecified atom stereocenters. The van der Waals surface area contributed by atoms with Crippen LogP contribution in [0.2, 0.25) is 0 Å². The van der Waals surface area contributed by atoms with E-state index in [1.165, 1.54) is 5.56 Å². The van der Waals surface area contributed by atoms with Gasteiger partial charge in [-0.2, -0.15) is 0 Å². The number of aromatic nitrogens is 4. The van der Waals surface area contributed by atoms with E-state index in [-0.39, 0.29) is 0 Å². The molecule has 4 aromatic heterocycles. The maximum absolute atomic E-state index is 4.53. The Balaban J connectivity index is 1.44. The molecule has 0 spiro atoms. The highest BCUT2D eigenvalue weighted by atomic mass is 32.1. The quantitative estimate of drug-likeness (QED) is 0.460. The summed E-state index contributed by atoms with van der Waals surface area (Å²) < 4.78 is 0. The summed E-state index contributed by atoms with van der Waals surface area (Å²) in [6, 6.07) is 7.96. The molecule has 28 heavy (non-hydrogen) atoms. The lowest BCUT2D eigenvalue weighted by molar-refractivity contribution is 1.02. The van der Waals surface area contributed by atoms with Gasteiger partial charge >= 0.3 is 0 Å². The number of pyridine rings is 2. The van der Waals surface area contributed by atoms with Crippen molar-refractivity contribution in [3.05, 3.63) is 57.8 Å². The standard InChI is InChI=1S/C22H16N4S2/c1-3-6-16-9-11-23-18(13-16)19-14-17(10-12-24-19)7-4-5-8-20-26-22-21(28-20)25-15(2)27-22/h9-14H,4,7H2,1-2H3. The number of aryl methyl sites for hydroxylation is 2. The van der Waals surface area contributed by atoms with Gasteiger partial charge in [0.25, 0.3) is 0 Å². The van der Waals surface area contributed by atoms with E-state index >= 15 is 0 Å². The van der Waals surface area contributed by atoms with E-state index in [1.807, 2.05) is 38.2 Å². The molecule has 0 aliphatic rings. The van der Waals surface area contributed by atoms with Crippen molar-refractivity contribution in [3.63, 3.8) is 0 Å². The van der Waals surface area contributed by atoms with E-state index in [1.54, 1.807) is 28.9 Å². The molecule has 0 saturated heterocycles. The van der Waals surface area contributed by atoms with E-state index in [9.17, 15) is 0 Å². The number of nitrogens with zero attached hydrogens (tertiary/aromatic N) is 4. The van der Waals surface area contributed by atoms with Crippen molar-refractivity contribution >= 4 is 32.3 Å². The Morgan fingerprint density at radius 2 is 1.71 bits per heavy atom. The first-order valence-electron chi connectivity index (χ1n) is 8.78. The van der Waals surface area contributed by atoms with Crippen molar-refractivity contribution in [2.75, 3.05) is 0 Å². The zero-order chi connectivity index (χ0) is 19.3. The van der Waals surface area contributed by atoms with Gasteiger partial charge in [0.15, 0.2) is 14.7 Å². The predicted molar refractivity (Wildman–Crippen MR) is 115 cm³/mol. The fourth-order valence-electron chi connectivity index (χ4n) is 2.70. The molecular formula is C22H16N4S2. The molecule has 0 fully saturated rings. The number of thiazole rings is 2. The fourth-order valence-corrected chi connectivity index (χ4v) is 4.51. The number of hydrogen-bond donors (Lipinski definition) is 0. The number of fused-ring (bicyclic) bond motifs is 1. The maximum Gasteiger partial charge on any atom is 0.170 e. The zero-order valence-corrected chi connectivity index (χ0v) is 17.1. The first kappa shape index (κ1) is 18.3. The number of rotatable bonds is 3. The molecule has 0 atom stereocenters. The Kier molecular flexibility index (Phi) is 5.43. The summed E-state index contributed by atoms with van der Waals surface area (Å²) in [5, 5.41) is 1.88. The van der Waals surface area contributed by atoms with Crippen LogP contribution in [0.4, 0.5) is 0 Å². The van der Waals surface area contributed by atoms with E-state index in [2.05, 4.69) is 49.7 Å². The van der Waals surface area contributed by atoms with Crippen molar-refractivity contribution in [2.24, 2.45) is 0 Å². The van der Waals surface area contributed by atoms with Gasteiger partial charge in [-0.1, -0.05) is 34.5 Å². The molecule has 0 aliphatic heterocycles. The fraction of sp³-hybridized carbons (Fsp3) is 0.182. The first-order chi connectivity index (χ1) is 13.7. The highest BCUT2D eigenvalue weighted by Gasteiger charge is 2.06. The lowest BCUT2D eigenvalue weighted by atomic mass is 10.1. The summed E-state index contributed by atoms with van der Waals surface area (Å²) in [4.78, 5) is 19.8. The molecule has 0 radical (unpaired) electrons. The lowest BCUT2D eigenvalue weighted by Gasteiger charge is -2.03. The van der Waals surface area contributed by atoms with Gasteiger partial charge in [0.05, 0.1) is 16.4 Å². The van der Waals surface area contributed by atoms with Crippen LogP contribution in [0.3, 0.4) is 0 Å². The van der Waals surface area contributed by atoms with E-state index in [0.717, 1.165) is 49.5 Å². The average Bonchev–Trinajstić information content (AvgIpc) is 3.23. The minimum atomic E-state index is 0.762. The second-order valence-electron chi connectivity index (χ2n) is 6.02. The van der Waals surface area contributed by atoms with E-state index < -0.39 is 0 Å². The van der Waals surface area contributed by atoms with E-state index in [4.69, 9.17) is 0 Å². The van der Waals surface area contributed by atoms with Gasteiger partial charge < -0.3 is 0 Å². The monoisotopic (exact) mass is 400 g/mol. The van der Waals surface area contributed by atoms with Crippen molar-refractivity contribution in [1.82, 2.24) is 19.9 Å². The first-order valence-corrected chi connectivity index (χ1v) is 10.4. The van der Waals surface area contributed by atoms with Crippen molar-refractivity contribution in [2.45, 2.75) is 26.7 Å². The van der Waals surface area contributed by atoms with Crippen molar-refractivity contribution in [3.8, 4) is 35.1 Å². The van der Waals surface area contributed by atoms with Crippen LogP contribution >= 0.6 is 22.7 Å². The minimum absolute atomic E-state index is 0.762. The van der Waals surface area contributed by atoms with Crippen LogP contribution in [0.5, 0.6) is 0 Å². The Morgan fingerprint density at radius 1 is 0.929 bits per heavy atom. The lowest BCUT2D eigenvalue weighted by Crippen LogP contribution is -1.91. The van der Waals surface area contributed by atoms with Gasteiger partial charge in [0.1, 0.15) is 0 Å². The summed E-state index contributed by atoms with van der Waals surface area (Å²) in [5.74, 6) is 12.3. The van der Waals surface area contributed by atoms with E-state index in [0.29, 0.717) is 0 Å². The summed E-state index contributed by atoms with van der Waals surface area (Å²) in [6.07, 6.45) is 5.21. The molecule has 4 heterocycles.